The SMILES string of the molecule is CC(=O)OC(=O)C1=CC=CCC1=O. The Labute approximate surface area is 74.9 Å². The van der Waals surface area contributed by atoms with Crippen molar-refractivity contribution in [2.24, 2.45) is 0 Å². The molecule has 68 valence electrons. The second-order valence-electron chi connectivity index (χ2n) is 2.52. The fourth-order valence-corrected chi connectivity index (χ4v) is 0.910. The molecule has 0 aromatic carbocycles. The summed E-state index contributed by atoms with van der Waals surface area (Å²) >= 11 is 0. The largest absolute Gasteiger partial charge is 0.390 e. The molecule has 4 heteroatoms. The lowest BCUT2D eigenvalue weighted by molar-refractivity contribution is -0.155. The zero-order valence-corrected chi connectivity index (χ0v) is 7.07. The Morgan fingerprint density at radius 3 is 2.69 bits per heavy atom. The molecule has 0 bridgehead atoms. The molecular formula is C9H8O4. The molecule has 13 heavy (non-hydrogen) atoms. The zero-order chi connectivity index (χ0) is 9.84. The highest BCUT2D eigenvalue weighted by Crippen LogP contribution is 2.09. The van der Waals surface area contributed by atoms with Gasteiger partial charge in [-0.3, -0.25) is 9.59 Å². The first kappa shape index (κ1) is 9.38. The predicted molar refractivity (Wildman–Crippen MR) is 43.6 cm³/mol. The van der Waals surface area contributed by atoms with E-state index in [-0.39, 0.29) is 17.8 Å². The second-order valence-corrected chi connectivity index (χ2v) is 2.52. The summed E-state index contributed by atoms with van der Waals surface area (Å²) in [4.78, 5) is 32.5. The van der Waals surface area contributed by atoms with Crippen LogP contribution in [0.5, 0.6) is 0 Å². The molecule has 1 rings (SSSR count). The minimum Gasteiger partial charge on any atom is -0.390 e. The standard InChI is InChI=1S/C9H8O4/c1-6(10)13-9(12)7-4-2-3-5-8(7)11/h2-4H,5H2,1H3. The number of hydrogen-bond acceptors (Lipinski definition) is 4. The fraction of sp³-hybridized carbons (Fsp3) is 0.222. The quantitative estimate of drug-likeness (QED) is 0.335. The first-order valence-corrected chi connectivity index (χ1v) is 3.74. The van der Waals surface area contributed by atoms with Gasteiger partial charge in [0.1, 0.15) is 5.57 Å². The first-order valence-electron chi connectivity index (χ1n) is 3.74. The smallest absolute Gasteiger partial charge is 0.349 e. The third-order valence-electron chi connectivity index (χ3n) is 1.46. The van der Waals surface area contributed by atoms with Crippen molar-refractivity contribution in [1.29, 1.82) is 0 Å². The first-order chi connectivity index (χ1) is 6.11. The van der Waals surface area contributed by atoms with E-state index in [0.717, 1.165) is 6.92 Å². The van der Waals surface area contributed by atoms with Crippen molar-refractivity contribution in [1.82, 2.24) is 0 Å². The van der Waals surface area contributed by atoms with Crippen LogP contribution in [0.1, 0.15) is 13.3 Å². The van der Waals surface area contributed by atoms with Crippen LogP contribution in [-0.4, -0.2) is 17.7 Å². The van der Waals surface area contributed by atoms with Gasteiger partial charge in [-0.1, -0.05) is 12.2 Å². The van der Waals surface area contributed by atoms with Crippen LogP contribution in [-0.2, 0) is 19.1 Å². The van der Waals surface area contributed by atoms with E-state index in [1.807, 2.05) is 0 Å². The minimum atomic E-state index is -0.873. The third-order valence-corrected chi connectivity index (χ3v) is 1.46. The molecule has 0 heterocycles. The predicted octanol–water partition coefficient (Wildman–Crippen LogP) is 0.532. The van der Waals surface area contributed by atoms with E-state index < -0.39 is 11.9 Å². The van der Waals surface area contributed by atoms with Gasteiger partial charge in [-0.05, 0) is 6.08 Å². The summed E-state index contributed by atoms with van der Waals surface area (Å²) in [6.45, 7) is 1.11. The number of ether oxygens (including phenoxy) is 1. The van der Waals surface area contributed by atoms with Gasteiger partial charge in [0.2, 0.25) is 0 Å². The number of rotatable bonds is 1. The summed E-state index contributed by atoms with van der Waals surface area (Å²) in [5.41, 5.74) is -0.0716. The van der Waals surface area contributed by atoms with E-state index in [9.17, 15) is 14.4 Å². The van der Waals surface area contributed by atoms with Crippen LogP contribution >= 0.6 is 0 Å². The van der Waals surface area contributed by atoms with Crippen LogP contribution in [0.25, 0.3) is 0 Å². The van der Waals surface area contributed by atoms with Crippen LogP contribution in [0.3, 0.4) is 0 Å². The highest BCUT2D eigenvalue weighted by Gasteiger charge is 2.20. The average molecular weight is 180 g/mol. The van der Waals surface area contributed by atoms with Crippen LogP contribution in [0.15, 0.2) is 23.8 Å². The number of hydrogen-bond donors (Lipinski definition) is 0. The van der Waals surface area contributed by atoms with E-state index in [1.54, 1.807) is 12.2 Å². The molecule has 0 saturated heterocycles. The lowest BCUT2D eigenvalue weighted by Crippen LogP contribution is -2.18. The Morgan fingerprint density at radius 1 is 1.46 bits per heavy atom. The number of carbonyl (C=O) groups excluding carboxylic acids is 3. The van der Waals surface area contributed by atoms with Crippen molar-refractivity contribution in [3.8, 4) is 0 Å². The summed E-state index contributed by atoms with van der Waals surface area (Å²) in [5, 5.41) is 0. The zero-order valence-electron chi connectivity index (χ0n) is 7.07. The van der Waals surface area contributed by atoms with E-state index >= 15 is 0 Å². The third kappa shape index (κ3) is 2.37. The minimum absolute atomic E-state index is 0.0716. The van der Waals surface area contributed by atoms with Crippen LogP contribution in [0, 0.1) is 0 Å². The maximum atomic E-state index is 11.1. The van der Waals surface area contributed by atoms with Crippen LogP contribution in [0.4, 0.5) is 0 Å². The van der Waals surface area contributed by atoms with Crippen molar-refractivity contribution in [3.63, 3.8) is 0 Å². The van der Waals surface area contributed by atoms with Crippen molar-refractivity contribution in [2.75, 3.05) is 0 Å². The Kier molecular flexibility index (Phi) is 2.74. The van der Waals surface area contributed by atoms with Gasteiger partial charge in [0.25, 0.3) is 0 Å². The van der Waals surface area contributed by atoms with Crippen LogP contribution in [0.2, 0.25) is 0 Å². The van der Waals surface area contributed by atoms with Gasteiger partial charge in [-0.15, -0.1) is 0 Å². The van der Waals surface area contributed by atoms with Gasteiger partial charge in [0.05, 0.1) is 0 Å². The summed E-state index contributed by atoms with van der Waals surface area (Å²) in [6.07, 6.45) is 4.74. The molecule has 0 aromatic rings. The summed E-state index contributed by atoms with van der Waals surface area (Å²) in [5.74, 6) is -1.91. The Hall–Kier alpha value is -1.71. The maximum Gasteiger partial charge on any atom is 0.349 e. The molecule has 0 spiro atoms. The van der Waals surface area contributed by atoms with E-state index in [4.69, 9.17) is 0 Å². The van der Waals surface area contributed by atoms with Crippen molar-refractivity contribution < 1.29 is 19.1 Å². The summed E-state index contributed by atoms with van der Waals surface area (Å²) < 4.78 is 4.26. The molecular weight excluding hydrogens is 172 g/mol. The number of esters is 2. The summed E-state index contributed by atoms with van der Waals surface area (Å²) in [6, 6.07) is 0. The molecule has 0 radical (unpaired) electrons. The molecule has 1 aliphatic carbocycles. The van der Waals surface area contributed by atoms with E-state index in [2.05, 4.69) is 4.74 Å². The van der Waals surface area contributed by atoms with Crippen LogP contribution < -0.4 is 0 Å². The molecule has 0 unspecified atom stereocenters. The molecule has 0 amide bonds. The normalized spacial score (nSPS) is 15.2. The number of allylic oxidation sites excluding steroid dienone is 3. The topological polar surface area (TPSA) is 60.4 Å². The lowest BCUT2D eigenvalue weighted by Gasteiger charge is -2.04. The molecule has 0 atom stereocenters. The monoisotopic (exact) mass is 180 g/mol. The van der Waals surface area contributed by atoms with Gasteiger partial charge in [0.15, 0.2) is 5.78 Å². The molecule has 0 aromatic heterocycles. The molecule has 1 aliphatic rings. The van der Waals surface area contributed by atoms with Crippen molar-refractivity contribution in [3.05, 3.63) is 23.8 Å². The molecule has 4 nitrogen and oxygen atoms in total. The number of ketones is 1. The highest BCUT2D eigenvalue weighted by atomic mass is 16.6. The number of Topliss-reactive ketones (excluding diaryl/α,β-unsaturated/α-hetero) is 1. The van der Waals surface area contributed by atoms with Gasteiger partial charge in [-0.25, -0.2) is 4.79 Å². The summed E-state index contributed by atoms with van der Waals surface area (Å²) in [7, 11) is 0. The van der Waals surface area contributed by atoms with Crippen molar-refractivity contribution in [2.45, 2.75) is 13.3 Å². The van der Waals surface area contributed by atoms with Gasteiger partial charge in [0, 0.05) is 13.3 Å². The number of carbonyl (C=O) groups is 3. The van der Waals surface area contributed by atoms with E-state index in [1.165, 1.54) is 6.08 Å². The Balaban J connectivity index is 2.76. The van der Waals surface area contributed by atoms with Gasteiger partial charge >= 0.3 is 11.9 Å². The fourth-order valence-electron chi connectivity index (χ4n) is 0.910. The van der Waals surface area contributed by atoms with Gasteiger partial charge < -0.3 is 4.74 Å². The van der Waals surface area contributed by atoms with Crippen molar-refractivity contribution >= 4 is 17.7 Å². The molecule has 0 saturated carbocycles. The van der Waals surface area contributed by atoms with E-state index in [0.29, 0.717) is 0 Å². The molecule has 0 fully saturated rings. The second kappa shape index (κ2) is 3.80. The average Bonchev–Trinajstić information content (AvgIpc) is 2.03. The molecule has 0 N–H and O–H groups in total. The highest BCUT2D eigenvalue weighted by molar-refractivity contribution is 6.20. The maximum absolute atomic E-state index is 11.1. The van der Waals surface area contributed by atoms with Gasteiger partial charge in [-0.2, -0.15) is 0 Å². The lowest BCUT2D eigenvalue weighted by atomic mass is 10.0. The molecule has 0 aliphatic heterocycles. The Morgan fingerprint density at radius 2 is 2.15 bits per heavy atom. The Bertz CT molecular complexity index is 323.